The molecule has 136 valence electrons. The molecule has 25 heavy (non-hydrogen) atoms. The van der Waals surface area contributed by atoms with Crippen LogP contribution in [-0.2, 0) is 6.54 Å². The Morgan fingerprint density at radius 1 is 1.40 bits per heavy atom. The lowest BCUT2D eigenvalue weighted by molar-refractivity contribution is 0.0660. The summed E-state index contributed by atoms with van der Waals surface area (Å²) in [5, 5.41) is 4.12. The minimum atomic E-state index is 0.0409. The average molecular weight is 362 g/mol. The number of methoxy groups -OCH3 is 1. The molecule has 1 aliphatic heterocycles. The summed E-state index contributed by atoms with van der Waals surface area (Å²) >= 11 is 1.63. The largest absolute Gasteiger partial charge is 0.496 e. The molecule has 1 amide bonds. The van der Waals surface area contributed by atoms with Crippen LogP contribution < -0.4 is 10.1 Å². The second kappa shape index (κ2) is 7.68. The number of nitrogens with zero attached hydrogens (tertiary/aromatic N) is 3. The zero-order valence-corrected chi connectivity index (χ0v) is 16.2. The van der Waals surface area contributed by atoms with Gasteiger partial charge in [0.1, 0.15) is 10.8 Å². The maximum atomic E-state index is 13.0. The van der Waals surface area contributed by atoms with E-state index in [1.54, 1.807) is 18.4 Å². The standard InChI is InChI=1S/C18H26N4O2S/c1-19-11-17-20-14-9-13(15(24-4)10-16(14)25-17)18(23)22-7-5-12(6-8-22)21(2)3/h9-10,12,19H,5-8,11H2,1-4H3. The molecule has 0 radical (unpaired) electrons. The van der Waals surface area contributed by atoms with Gasteiger partial charge in [0.05, 0.1) is 22.9 Å². The minimum Gasteiger partial charge on any atom is -0.496 e. The number of carbonyl (C=O) groups excluding carboxylic acids is 1. The van der Waals surface area contributed by atoms with Gasteiger partial charge in [0, 0.05) is 31.7 Å². The molecule has 1 aromatic heterocycles. The molecule has 3 rings (SSSR count). The Morgan fingerprint density at radius 2 is 2.12 bits per heavy atom. The Balaban J connectivity index is 1.85. The predicted molar refractivity (Wildman–Crippen MR) is 102 cm³/mol. The van der Waals surface area contributed by atoms with Gasteiger partial charge in [-0.05, 0) is 40.1 Å². The van der Waals surface area contributed by atoms with Gasteiger partial charge in [-0.25, -0.2) is 4.98 Å². The van der Waals surface area contributed by atoms with Crippen LogP contribution in [0.3, 0.4) is 0 Å². The van der Waals surface area contributed by atoms with Gasteiger partial charge in [-0.3, -0.25) is 4.79 Å². The van der Waals surface area contributed by atoms with Crippen LogP contribution in [-0.4, -0.2) is 68.1 Å². The SMILES string of the molecule is CNCc1nc2cc(C(=O)N3CCC(N(C)C)CC3)c(OC)cc2s1. The quantitative estimate of drug-likeness (QED) is 0.884. The van der Waals surface area contributed by atoms with Crippen LogP contribution in [0.2, 0.25) is 0 Å². The van der Waals surface area contributed by atoms with Crippen LogP contribution in [0.4, 0.5) is 0 Å². The molecular formula is C18H26N4O2S. The van der Waals surface area contributed by atoms with E-state index in [9.17, 15) is 4.79 Å². The first-order valence-electron chi connectivity index (χ1n) is 8.61. The van der Waals surface area contributed by atoms with E-state index in [0.29, 0.717) is 17.4 Å². The molecule has 2 aromatic rings. The zero-order chi connectivity index (χ0) is 18.0. The number of hydrogen-bond donors (Lipinski definition) is 1. The normalized spacial score (nSPS) is 16.0. The number of benzene rings is 1. The lowest BCUT2D eigenvalue weighted by Crippen LogP contribution is -2.44. The van der Waals surface area contributed by atoms with Crippen molar-refractivity contribution in [3.05, 3.63) is 22.7 Å². The van der Waals surface area contributed by atoms with E-state index in [1.807, 2.05) is 24.1 Å². The van der Waals surface area contributed by atoms with Crippen LogP contribution in [0.5, 0.6) is 5.75 Å². The van der Waals surface area contributed by atoms with E-state index in [2.05, 4.69) is 29.3 Å². The van der Waals surface area contributed by atoms with Crippen molar-refractivity contribution < 1.29 is 9.53 Å². The molecule has 1 aromatic carbocycles. The van der Waals surface area contributed by atoms with Crippen LogP contribution in [0.15, 0.2) is 12.1 Å². The Morgan fingerprint density at radius 3 is 2.72 bits per heavy atom. The molecule has 0 saturated carbocycles. The first-order chi connectivity index (χ1) is 12.0. The lowest BCUT2D eigenvalue weighted by Gasteiger charge is -2.35. The second-order valence-electron chi connectivity index (χ2n) is 6.65. The van der Waals surface area contributed by atoms with Crippen molar-refractivity contribution in [2.75, 3.05) is 41.3 Å². The number of ether oxygens (including phenoxy) is 1. The number of likely N-dealkylation sites (tertiary alicyclic amines) is 1. The van der Waals surface area contributed by atoms with Gasteiger partial charge in [-0.2, -0.15) is 0 Å². The van der Waals surface area contributed by atoms with Gasteiger partial charge in [0.15, 0.2) is 0 Å². The summed E-state index contributed by atoms with van der Waals surface area (Å²) in [5.41, 5.74) is 1.47. The zero-order valence-electron chi connectivity index (χ0n) is 15.3. The van der Waals surface area contributed by atoms with Crippen molar-refractivity contribution in [2.45, 2.75) is 25.4 Å². The van der Waals surface area contributed by atoms with Gasteiger partial charge >= 0.3 is 0 Å². The van der Waals surface area contributed by atoms with Crippen molar-refractivity contribution in [2.24, 2.45) is 0 Å². The number of nitrogens with one attached hydrogen (secondary N) is 1. The third kappa shape index (κ3) is 3.78. The molecule has 0 atom stereocenters. The minimum absolute atomic E-state index is 0.0409. The van der Waals surface area contributed by atoms with Crippen LogP contribution in [0, 0.1) is 0 Å². The third-order valence-electron chi connectivity index (χ3n) is 4.79. The predicted octanol–water partition coefficient (Wildman–Crippen LogP) is 2.19. The molecule has 0 unspecified atom stereocenters. The molecular weight excluding hydrogens is 336 g/mol. The molecule has 0 bridgehead atoms. The van der Waals surface area contributed by atoms with Gasteiger partial charge in [-0.1, -0.05) is 0 Å². The van der Waals surface area contributed by atoms with Gasteiger partial charge in [0.25, 0.3) is 5.91 Å². The molecule has 2 heterocycles. The van der Waals surface area contributed by atoms with Gasteiger partial charge in [0.2, 0.25) is 0 Å². The summed E-state index contributed by atoms with van der Waals surface area (Å²) in [6.45, 7) is 2.29. The fourth-order valence-corrected chi connectivity index (χ4v) is 4.31. The number of thiazole rings is 1. The summed E-state index contributed by atoms with van der Waals surface area (Å²) in [4.78, 5) is 21.8. The molecule has 6 nitrogen and oxygen atoms in total. The number of amides is 1. The van der Waals surface area contributed by atoms with Crippen molar-refractivity contribution in [3.8, 4) is 5.75 Å². The Bertz CT molecular complexity index is 751. The maximum Gasteiger partial charge on any atom is 0.257 e. The molecule has 7 heteroatoms. The summed E-state index contributed by atoms with van der Waals surface area (Å²) in [7, 11) is 7.72. The van der Waals surface area contributed by atoms with E-state index in [-0.39, 0.29) is 5.91 Å². The highest BCUT2D eigenvalue weighted by molar-refractivity contribution is 7.18. The topological polar surface area (TPSA) is 57.7 Å². The summed E-state index contributed by atoms with van der Waals surface area (Å²) in [5.74, 6) is 0.672. The molecule has 1 fully saturated rings. The number of hydrogen-bond acceptors (Lipinski definition) is 6. The maximum absolute atomic E-state index is 13.0. The number of carbonyl (C=O) groups is 1. The Labute approximate surface area is 152 Å². The first kappa shape index (κ1) is 18.1. The van der Waals surface area contributed by atoms with Crippen molar-refractivity contribution in [1.29, 1.82) is 0 Å². The summed E-state index contributed by atoms with van der Waals surface area (Å²) < 4.78 is 6.55. The number of aromatic nitrogens is 1. The van der Waals surface area contributed by atoms with E-state index in [0.717, 1.165) is 47.7 Å². The smallest absolute Gasteiger partial charge is 0.257 e. The Kier molecular flexibility index (Phi) is 5.56. The van der Waals surface area contributed by atoms with E-state index >= 15 is 0 Å². The third-order valence-corrected chi connectivity index (χ3v) is 5.81. The van der Waals surface area contributed by atoms with E-state index < -0.39 is 0 Å². The molecule has 1 saturated heterocycles. The lowest BCUT2D eigenvalue weighted by atomic mass is 10.0. The average Bonchev–Trinajstić information content (AvgIpc) is 3.01. The van der Waals surface area contributed by atoms with Crippen molar-refractivity contribution in [1.82, 2.24) is 20.1 Å². The molecule has 1 N–H and O–H groups in total. The van der Waals surface area contributed by atoms with Crippen LogP contribution in [0.25, 0.3) is 10.2 Å². The second-order valence-corrected chi connectivity index (χ2v) is 7.76. The van der Waals surface area contributed by atoms with Crippen LogP contribution >= 0.6 is 11.3 Å². The number of fused-ring (bicyclic) bond motifs is 1. The van der Waals surface area contributed by atoms with E-state index in [4.69, 9.17) is 4.74 Å². The molecule has 0 spiro atoms. The molecule has 0 aliphatic carbocycles. The highest BCUT2D eigenvalue weighted by Crippen LogP contribution is 2.31. The van der Waals surface area contributed by atoms with Crippen LogP contribution in [0.1, 0.15) is 28.2 Å². The molecule has 1 aliphatic rings. The van der Waals surface area contributed by atoms with Crippen molar-refractivity contribution >= 4 is 27.5 Å². The summed E-state index contributed by atoms with van der Waals surface area (Å²) in [6.07, 6.45) is 2.01. The highest BCUT2D eigenvalue weighted by atomic mass is 32.1. The number of piperidine rings is 1. The van der Waals surface area contributed by atoms with Crippen molar-refractivity contribution in [3.63, 3.8) is 0 Å². The fraction of sp³-hybridized carbons (Fsp3) is 0.556. The highest BCUT2D eigenvalue weighted by Gasteiger charge is 2.27. The summed E-state index contributed by atoms with van der Waals surface area (Å²) in [6, 6.07) is 4.37. The Hall–Kier alpha value is -1.70. The monoisotopic (exact) mass is 362 g/mol. The fourth-order valence-electron chi connectivity index (χ4n) is 3.32. The van der Waals surface area contributed by atoms with Gasteiger partial charge < -0.3 is 19.9 Å². The van der Waals surface area contributed by atoms with E-state index in [1.165, 1.54) is 0 Å². The number of rotatable bonds is 5. The van der Waals surface area contributed by atoms with Gasteiger partial charge in [-0.15, -0.1) is 11.3 Å². The first-order valence-corrected chi connectivity index (χ1v) is 9.43.